The van der Waals surface area contributed by atoms with E-state index in [1.54, 1.807) is 23.3 Å². The predicted molar refractivity (Wildman–Crippen MR) is 65.6 cm³/mol. The molecule has 0 unspecified atom stereocenters. The van der Waals surface area contributed by atoms with Crippen molar-refractivity contribution in [3.05, 3.63) is 24.2 Å². The molecule has 1 fully saturated rings. The van der Waals surface area contributed by atoms with Crippen LogP contribution in [0, 0.1) is 0 Å². The average Bonchev–Trinajstić information content (AvgIpc) is 2.80. The maximum absolute atomic E-state index is 11.7. The summed E-state index contributed by atoms with van der Waals surface area (Å²) in [6.45, 7) is 1.21. The molecule has 0 spiro atoms. The van der Waals surface area contributed by atoms with E-state index in [0.717, 1.165) is 19.3 Å². The summed E-state index contributed by atoms with van der Waals surface area (Å²) in [5.41, 5.74) is 0. The highest BCUT2D eigenvalue weighted by Gasteiger charge is 2.18. The lowest BCUT2D eigenvalue weighted by molar-refractivity contribution is -0.135. The van der Waals surface area contributed by atoms with Crippen molar-refractivity contribution in [3.8, 4) is 0 Å². The number of rotatable bonds is 4. The van der Waals surface area contributed by atoms with E-state index in [9.17, 15) is 9.59 Å². The highest BCUT2D eigenvalue weighted by Crippen LogP contribution is 2.10. The van der Waals surface area contributed by atoms with Crippen LogP contribution in [-0.4, -0.2) is 29.8 Å². The first-order chi connectivity index (χ1) is 8.75. The third-order valence-corrected chi connectivity index (χ3v) is 3.05. The molecule has 0 bridgehead atoms. The van der Waals surface area contributed by atoms with Gasteiger partial charge in [-0.1, -0.05) is 6.42 Å². The monoisotopic (exact) mass is 250 g/mol. The Morgan fingerprint density at radius 3 is 3.06 bits per heavy atom. The van der Waals surface area contributed by atoms with Gasteiger partial charge in [-0.2, -0.15) is 0 Å². The molecule has 0 atom stereocenters. The Bertz CT molecular complexity index is 400. The summed E-state index contributed by atoms with van der Waals surface area (Å²) in [7, 11) is 0. The Labute approximate surface area is 106 Å². The van der Waals surface area contributed by atoms with Gasteiger partial charge in [-0.05, 0) is 25.0 Å². The smallest absolute Gasteiger partial charge is 0.240 e. The number of likely N-dealkylation sites (tertiary alicyclic amines) is 1. The van der Waals surface area contributed by atoms with Gasteiger partial charge in [-0.15, -0.1) is 0 Å². The van der Waals surface area contributed by atoms with Crippen LogP contribution in [0.1, 0.15) is 31.4 Å². The minimum Gasteiger partial charge on any atom is -0.467 e. The topological polar surface area (TPSA) is 62.6 Å². The van der Waals surface area contributed by atoms with Crippen LogP contribution in [0.5, 0.6) is 0 Å². The Balaban J connectivity index is 1.77. The number of furan rings is 1. The number of hydrogen-bond donors (Lipinski definition) is 1. The molecule has 5 heteroatoms. The number of hydrogen-bond acceptors (Lipinski definition) is 3. The molecule has 1 N–H and O–H groups in total. The number of nitrogens with one attached hydrogen (secondary N) is 1. The molecule has 2 rings (SSSR count). The highest BCUT2D eigenvalue weighted by atomic mass is 16.3. The molecule has 2 heterocycles. The second kappa shape index (κ2) is 6.23. The van der Waals surface area contributed by atoms with Crippen molar-refractivity contribution in [1.82, 2.24) is 10.2 Å². The van der Waals surface area contributed by atoms with Crippen LogP contribution in [0.3, 0.4) is 0 Å². The molecule has 2 amide bonds. The Morgan fingerprint density at radius 1 is 1.39 bits per heavy atom. The predicted octanol–water partition coefficient (Wildman–Crippen LogP) is 1.30. The summed E-state index contributed by atoms with van der Waals surface area (Å²) in [4.78, 5) is 25.1. The Kier molecular flexibility index (Phi) is 4.39. The van der Waals surface area contributed by atoms with Crippen LogP contribution >= 0.6 is 0 Å². The van der Waals surface area contributed by atoms with Crippen molar-refractivity contribution in [3.63, 3.8) is 0 Å². The van der Waals surface area contributed by atoms with Gasteiger partial charge in [-0.3, -0.25) is 9.59 Å². The van der Waals surface area contributed by atoms with Crippen molar-refractivity contribution in [2.45, 2.75) is 32.2 Å². The van der Waals surface area contributed by atoms with Crippen LogP contribution < -0.4 is 5.32 Å². The standard InChI is InChI=1S/C13H18N2O3/c16-12(14-9-11-5-4-8-18-11)10-15-7-3-1-2-6-13(15)17/h4-5,8H,1-3,6-7,9-10H2,(H,14,16). The van der Waals surface area contributed by atoms with Crippen molar-refractivity contribution in [1.29, 1.82) is 0 Å². The lowest BCUT2D eigenvalue weighted by Crippen LogP contribution is -2.40. The molecule has 0 saturated carbocycles. The van der Waals surface area contributed by atoms with Crippen molar-refractivity contribution < 1.29 is 14.0 Å². The molecule has 1 saturated heterocycles. The van der Waals surface area contributed by atoms with E-state index in [1.807, 2.05) is 0 Å². The fourth-order valence-electron chi connectivity index (χ4n) is 2.03. The maximum atomic E-state index is 11.7. The van der Waals surface area contributed by atoms with E-state index in [0.29, 0.717) is 25.3 Å². The normalized spacial score (nSPS) is 16.4. The Hall–Kier alpha value is -1.78. The molecule has 98 valence electrons. The molecule has 1 aromatic heterocycles. The average molecular weight is 250 g/mol. The third kappa shape index (κ3) is 3.61. The first-order valence-corrected chi connectivity index (χ1v) is 6.32. The number of carbonyl (C=O) groups excluding carboxylic acids is 2. The van der Waals surface area contributed by atoms with Gasteiger partial charge < -0.3 is 14.6 Å². The van der Waals surface area contributed by atoms with Crippen LogP contribution in [0.2, 0.25) is 0 Å². The van der Waals surface area contributed by atoms with Crippen LogP contribution in [0.15, 0.2) is 22.8 Å². The van der Waals surface area contributed by atoms with Gasteiger partial charge in [0, 0.05) is 13.0 Å². The van der Waals surface area contributed by atoms with E-state index < -0.39 is 0 Å². The first-order valence-electron chi connectivity index (χ1n) is 6.32. The second-order valence-corrected chi connectivity index (χ2v) is 4.48. The molecular weight excluding hydrogens is 232 g/mol. The highest BCUT2D eigenvalue weighted by molar-refractivity contribution is 5.84. The van der Waals surface area contributed by atoms with Gasteiger partial charge in [0.25, 0.3) is 0 Å². The SMILES string of the molecule is O=C(CN1CCCCCC1=O)NCc1ccco1. The summed E-state index contributed by atoms with van der Waals surface area (Å²) in [5, 5.41) is 2.75. The second-order valence-electron chi connectivity index (χ2n) is 4.48. The zero-order valence-corrected chi connectivity index (χ0v) is 10.4. The van der Waals surface area contributed by atoms with E-state index >= 15 is 0 Å². The molecular formula is C13H18N2O3. The molecule has 1 aromatic rings. The van der Waals surface area contributed by atoms with Crippen molar-refractivity contribution >= 4 is 11.8 Å². The molecule has 0 aliphatic carbocycles. The summed E-state index contributed by atoms with van der Waals surface area (Å²) in [6.07, 6.45) is 5.11. The van der Waals surface area contributed by atoms with Crippen molar-refractivity contribution in [2.24, 2.45) is 0 Å². The summed E-state index contributed by atoms with van der Waals surface area (Å²) in [5.74, 6) is 0.660. The van der Waals surface area contributed by atoms with E-state index in [2.05, 4.69) is 5.32 Å². The van der Waals surface area contributed by atoms with Gasteiger partial charge in [0.2, 0.25) is 11.8 Å². The minimum absolute atomic E-state index is 0.0839. The van der Waals surface area contributed by atoms with Crippen molar-refractivity contribution in [2.75, 3.05) is 13.1 Å². The van der Waals surface area contributed by atoms with Gasteiger partial charge in [0.1, 0.15) is 5.76 Å². The molecule has 0 aromatic carbocycles. The zero-order chi connectivity index (χ0) is 12.8. The van der Waals surface area contributed by atoms with Crippen LogP contribution in [0.4, 0.5) is 0 Å². The van der Waals surface area contributed by atoms with E-state index in [4.69, 9.17) is 4.42 Å². The summed E-state index contributed by atoms with van der Waals surface area (Å²) in [6, 6.07) is 3.58. The molecule has 1 aliphatic heterocycles. The molecule has 0 radical (unpaired) electrons. The molecule has 18 heavy (non-hydrogen) atoms. The molecule has 1 aliphatic rings. The van der Waals surface area contributed by atoms with Crippen LogP contribution in [0.25, 0.3) is 0 Å². The number of amides is 2. The maximum Gasteiger partial charge on any atom is 0.240 e. The number of nitrogens with zero attached hydrogens (tertiary/aromatic N) is 1. The van der Waals surface area contributed by atoms with Gasteiger partial charge in [-0.25, -0.2) is 0 Å². The van der Waals surface area contributed by atoms with Crippen LogP contribution in [-0.2, 0) is 16.1 Å². The molecule has 5 nitrogen and oxygen atoms in total. The first kappa shape index (κ1) is 12.7. The lowest BCUT2D eigenvalue weighted by Gasteiger charge is -2.19. The Morgan fingerprint density at radius 2 is 2.28 bits per heavy atom. The third-order valence-electron chi connectivity index (χ3n) is 3.05. The summed E-state index contributed by atoms with van der Waals surface area (Å²) >= 11 is 0. The fourth-order valence-corrected chi connectivity index (χ4v) is 2.03. The lowest BCUT2D eigenvalue weighted by atomic mass is 10.2. The zero-order valence-electron chi connectivity index (χ0n) is 10.4. The quantitative estimate of drug-likeness (QED) is 0.876. The number of carbonyl (C=O) groups is 2. The van der Waals surface area contributed by atoms with Gasteiger partial charge in [0.15, 0.2) is 0 Å². The van der Waals surface area contributed by atoms with E-state index in [1.165, 1.54) is 0 Å². The fraction of sp³-hybridized carbons (Fsp3) is 0.538. The minimum atomic E-state index is -0.137. The van der Waals surface area contributed by atoms with Gasteiger partial charge >= 0.3 is 0 Å². The van der Waals surface area contributed by atoms with E-state index in [-0.39, 0.29) is 18.4 Å². The van der Waals surface area contributed by atoms with Gasteiger partial charge in [0.05, 0.1) is 19.4 Å². The summed E-state index contributed by atoms with van der Waals surface area (Å²) < 4.78 is 5.12. The largest absolute Gasteiger partial charge is 0.467 e.